The summed E-state index contributed by atoms with van der Waals surface area (Å²) in [6.45, 7) is 5.10. The van der Waals surface area contributed by atoms with Crippen LogP contribution in [0.5, 0.6) is 5.75 Å². The van der Waals surface area contributed by atoms with Crippen molar-refractivity contribution in [3.63, 3.8) is 0 Å². The normalized spacial score (nSPS) is 12.2. The second-order valence-corrected chi connectivity index (χ2v) is 5.10. The second kappa shape index (κ2) is 7.06. The number of hydrogen-bond donors (Lipinski definition) is 1. The summed E-state index contributed by atoms with van der Waals surface area (Å²) >= 11 is 0. The van der Waals surface area contributed by atoms with E-state index in [1.54, 1.807) is 7.11 Å². The minimum atomic E-state index is 0.407. The van der Waals surface area contributed by atoms with Gasteiger partial charge in [0.15, 0.2) is 0 Å². The zero-order valence-electron chi connectivity index (χ0n) is 12.4. The lowest BCUT2D eigenvalue weighted by Gasteiger charge is -2.14. The third-order valence-corrected chi connectivity index (χ3v) is 3.44. The summed E-state index contributed by atoms with van der Waals surface area (Å²) in [7, 11) is 1.69. The molecule has 2 rings (SSSR count). The van der Waals surface area contributed by atoms with Gasteiger partial charge in [0, 0.05) is 18.8 Å². The summed E-state index contributed by atoms with van der Waals surface area (Å²) in [5, 5.41) is 3.52. The maximum atomic E-state index is 5.17. The van der Waals surface area contributed by atoms with Gasteiger partial charge in [-0.1, -0.05) is 18.2 Å². The van der Waals surface area contributed by atoms with Gasteiger partial charge in [0.2, 0.25) is 0 Å². The molecule has 1 aromatic carbocycles. The standard InChI is InChI=1S/C17H22N2O/c1-13-5-4-10-18-17(13)12-19-14(2)11-15-6-8-16(20-3)9-7-15/h4-10,14,19H,11-12H2,1-3H3. The monoisotopic (exact) mass is 270 g/mol. The molecule has 0 radical (unpaired) electrons. The molecule has 20 heavy (non-hydrogen) atoms. The Hall–Kier alpha value is -1.87. The topological polar surface area (TPSA) is 34.1 Å². The van der Waals surface area contributed by atoms with Crippen LogP contribution in [0, 0.1) is 6.92 Å². The van der Waals surface area contributed by atoms with Gasteiger partial charge in [0.05, 0.1) is 12.8 Å². The molecule has 3 heteroatoms. The second-order valence-electron chi connectivity index (χ2n) is 5.10. The van der Waals surface area contributed by atoms with Crippen LogP contribution in [-0.4, -0.2) is 18.1 Å². The van der Waals surface area contributed by atoms with Crippen LogP contribution in [0.2, 0.25) is 0 Å². The van der Waals surface area contributed by atoms with Crippen molar-refractivity contribution in [3.8, 4) is 5.75 Å². The molecule has 1 unspecified atom stereocenters. The van der Waals surface area contributed by atoms with E-state index < -0.39 is 0 Å². The predicted octanol–water partition coefficient (Wildman–Crippen LogP) is 3.12. The van der Waals surface area contributed by atoms with Crippen molar-refractivity contribution in [2.45, 2.75) is 32.9 Å². The zero-order chi connectivity index (χ0) is 14.4. The lowest BCUT2D eigenvalue weighted by Crippen LogP contribution is -2.28. The molecule has 1 N–H and O–H groups in total. The van der Waals surface area contributed by atoms with E-state index in [2.05, 4.69) is 42.3 Å². The first-order valence-electron chi connectivity index (χ1n) is 6.96. The fraction of sp³-hybridized carbons (Fsp3) is 0.353. The lowest BCUT2D eigenvalue weighted by atomic mass is 10.1. The lowest BCUT2D eigenvalue weighted by molar-refractivity contribution is 0.414. The minimum Gasteiger partial charge on any atom is -0.497 e. The van der Waals surface area contributed by atoms with E-state index in [9.17, 15) is 0 Å². The molecule has 0 aliphatic carbocycles. The Balaban J connectivity index is 1.86. The molecule has 1 heterocycles. The van der Waals surface area contributed by atoms with Crippen LogP contribution < -0.4 is 10.1 Å². The molecule has 1 aromatic heterocycles. The van der Waals surface area contributed by atoms with Crippen molar-refractivity contribution in [3.05, 3.63) is 59.4 Å². The van der Waals surface area contributed by atoms with Crippen LogP contribution in [0.4, 0.5) is 0 Å². The molecule has 0 aliphatic rings. The molecule has 0 amide bonds. The van der Waals surface area contributed by atoms with Crippen molar-refractivity contribution in [2.24, 2.45) is 0 Å². The van der Waals surface area contributed by atoms with E-state index >= 15 is 0 Å². The van der Waals surface area contributed by atoms with E-state index in [0.717, 1.165) is 24.4 Å². The number of rotatable bonds is 6. The third-order valence-electron chi connectivity index (χ3n) is 3.44. The Morgan fingerprint density at radius 3 is 2.60 bits per heavy atom. The van der Waals surface area contributed by atoms with Gasteiger partial charge in [-0.2, -0.15) is 0 Å². The predicted molar refractivity (Wildman–Crippen MR) is 82.0 cm³/mol. The minimum absolute atomic E-state index is 0.407. The molecule has 0 saturated heterocycles. The first-order chi connectivity index (χ1) is 9.69. The SMILES string of the molecule is COc1ccc(CC(C)NCc2ncccc2C)cc1. The zero-order valence-corrected chi connectivity index (χ0v) is 12.4. The molecule has 3 nitrogen and oxygen atoms in total. The molecule has 0 fully saturated rings. The highest BCUT2D eigenvalue weighted by atomic mass is 16.5. The molecule has 1 atom stereocenters. The summed E-state index contributed by atoms with van der Waals surface area (Å²) in [4.78, 5) is 4.40. The number of nitrogens with zero attached hydrogens (tertiary/aromatic N) is 1. The summed E-state index contributed by atoms with van der Waals surface area (Å²) in [6, 6.07) is 12.7. The number of hydrogen-bond acceptors (Lipinski definition) is 3. The number of pyridine rings is 1. The number of aryl methyl sites for hydroxylation is 1. The summed E-state index contributed by atoms with van der Waals surface area (Å²) in [6.07, 6.45) is 2.84. The average Bonchev–Trinajstić information content (AvgIpc) is 2.47. The van der Waals surface area contributed by atoms with Gasteiger partial charge in [0.1, 0.15) is 5.75 Å². The van der Waals surface area contributed by atoms with Gasteiger partial charge in [-0.05, 0) is 49.6 Å². The Bertz CT molecular complexity index is 537. The van der Waals surface area contributed by atoms with Gasteiger partial charge < -0.3 is 10.1 Å². The molecular formula is C17H22N2O. The van der Waals surface area contributed by atoms with Gasteiger partial charge in [-0.3, -0.25) is 4.98 Å². The van der Waals surface area contributed by atoms with Gasteiger partial charge in [0.25, 0.3) is 0 Å². The number of benzene rings is 1. The Morgan fingerprint density at radius 2 is 1.95 bits per heavy atom. The smallest absolute Gasteiger partial charge is 0.118 e. The number of methoxy groups -OCH3 is 1. The first kappa shape index (κ1) is 14.5. The van der Waals surface area contributed by atoms with Crippen molar-refractivity contribution < 1.29 is 4.74 Å². The summed E-state index contributed by atoms with van der Waals surface area (Å²) < 4.78 is 5.17. The third kappa shape index (κ3) is 4.07. The van der Waals surface area contributed by atoms with Crippen molar-refractivity contribution in [1.29, 1.82) is 0 Å². The molecule has 0 aliphatic heterocycles. The average molecular weight is 270 g/mol. The highest BCUT2D eigenvalue weighted by molar-refractivity contribution is 5.27. The van der Waals surface area contributed by atoms with Crippen molar-refractivity contribution >= 4 is 0 Å². The maximum absolute atomic E-state index is 5.17. The van der Waals surface area contributed by atoms with Gasteiger partial charge in [-0.15, -0.1) is 0 Å². The number of ether oxygens (including phenoxy) is 1. The Morgan fingerprint density at radius 1 is 1.20 bits per heavy atom. The molecular weight excluding hydrogens is 248 g/mol. The van der Waals surface area contributed by atoms with E-state index in [4.69, 9.17) is 4.74 Å². The quantitative estimate of drug-likeness (QED) is 0.875. The Kier molecular flexibility index (Phi) is 5.13. The number of nitrogens with one attached hydrogen (secondary N) is 1. The molecule has 106 valence electrons. The van der Waals surface area contributed by atoms with Crippen LogP contribution in [0.1, 0.15) is 23.7 Å². The molecule has 0 saturated carbocycles. The van der Waals surface area contributed by atoms with Crippen LogP contribution in [-0.2, 0) is 13.0 Å². The van der Waals surface area contributed by atoms with Gasteiger partial charge >= 0.3 is 0 Å². The van der Waals surface area contributed by atoms with Crippen LogP contribution in [0.3, 0.4) is 0 Å². The van der Waals surface area contributed by atoms with E-state index in [1.807, 2.05) is 24.4 Å². The van der Waals surface area contributed by atoms with E-state index in [-0.39, 0.29) is 0 Å². The Labute approximate surface area is 121 Å². The fourth-order valence-electron chi connectivity index (χ4n) is 2.16. The van der Waals surface area contributed by atoms with Crippen molar-refractivity contribution in [2.75, 3.05) is 7.11 Å². The summed E-state index contributed by atoms with van der Waals surface area (Å²) in [5.74, 6) is 0.901. The largest absolute Gasteiger partial charge is 0.497 e. The fourth-order valence-corrected chi connectivity index (χ4v) is 2.16. The highest BCUT2D eigenvalue weighted by Gasteiger charge is 2.05. The van der Waals surface area contributed by atoms with Crippen LogP contribution in [0.15, 0.2) is 42.6 Å². The maximum Gasteiger partial charge on any atom is 0.118 e. The molecule has 0 bridgehead atoms. The van der Waals surface area contributed by atoms with Gasteiger partial charge in [-0.25, -0.2) is 0 Å². The number of aromatic nitrogens is 1. The summed E-state index contributed by atoms with van der Waals surface area (Å²) in [5.41, 5.74) is 3.66. The van der Waals surface area contributed by atoms with E-state index in [1.165, 1.54) is 11.1 Å². The molecule has 2 aromatic rings. The molecule has 0 spiro atoms. The van der Waals surface area contributed by atoms with Crippen LogP contribution >= 0.6 is 0 Å². The van der Waals surface area contributed by atoms with E-state index in [0.29, 0.717) is 6.04 Å². The van der Waals surface area contributed by atoms with Crippen molar-refractivity contribution in [1.82, 2.24) is 10.3 Å². The highest BCUT2D eigenvalue weighted by Crippen LogP contribution is 2.13. The van der Waals surface area contributed by atoms with Crippen LogP contribution in [0.25, 0.3) is 0 Å². The first-order valence-corrected chi connectivity index (χ1v) is 6.96.